The molecule has 2 heterocycles. The first kappa shape index (κ1) is 10.9. The molecule has 0 N–H and O–H groups in total. The quantitative estimate of drug-likeness (QED) is 0.790. The summed E-state index contributed by atoms with van der Waals surface area (Å²) in [4.78, 5) is 15.6. The smallest absolute Gasteiger partial charge is 0.134 e. The molecule has 3 nitrogen and oxygen atoms in total. The zero-order chi connectivity index (χ0) is 11.7. The summed E-state index contributed by atoms with van der Waals surface area (Å²) in [6, 6.07) is 3.96. The lowest BCUT2D eigenvalue weighted by molar-refractivity contribution is -0.116. The van der Waals surface area contributed by atoms with Gasteiger partial charge < -0.3 is 4.40 Å². The van der Waals surface area contributed by atoms with Crippen LogP contribution in [-0.4, -0.2) is 15.2 Å². The van der Waals surface area contributed by atoms with Crippen LogP contribution < -0.4 is 0 Å². The Balaban J connectivity index is 2.57. The van der Waals surface area contributed by atoms with Crippen molar-refractivity contribution in [3.63, 3.8) is 0 Å². The van der Waals surface area contributed by atoms with Gasteiger partial charge in [0, 0.05) is 18.5 Å². The van der Waals surface area contributed by atoms with E-state index in [1.54, 1.807) is 6.92 Å². The molecule has 0 aliphatic rings. The highest BCUT2D eigenvalue weighted by molar-refractivity contribution is 5.80. The number of rotatable bonds is 3. The first-order valence-electron chi connectivity index (χ1n) is 5.54. The molecular weight excluding hydrogens is 200 g/mol. The minimum absolute atomic E-state index is 0.181. The van der Waals surface area contributed by atoms with E-state index in [2.05, 4.69) is 23.2 Å². The van der Waals surface area contributed by atoms with Crippen LogP contribution in [0.4, 0.5) is 0 Å². The third kappa shape index (κ3) is 1.85. The standard InChI is InChI=1S/C13H16N2O/c1-9(2)13-14-8-12-11(7-10(3)16)5-4-6-15(12)13/h4-6,8-9H,7H2,1-3H3. The van der Waals surface area contributed by atoms with E-state index in [4.69, 9.17) is 0 Å². The Morgan fingerprint density at radius 2 is 2.25 bits per heavy atom. The van der Waals surface area contributed by atoms with Crippen molar-refractivity contribution in [2.75, 3.05) is 0 Å². The van der Waals surface area contributed by atoms with Gasteiger partial charge in [0.15, 0.2) is 0 Å². The van der Waals surface area contributed by atoms with Gasteiger partial charge in [-0.2, -0.15) is 0 Å². The second-order valence-electron chi connectivity index (χ2n) is 4.44. The molecule has 0 atom stereocenters. The number of hydrogen-bond donors (Lipinski definition) is 0. The Kier molecular flexibility index (Phi) is 2.77. The Morgan fingerprint density at radius 3 is 2.88 bits per heavy atom. The number of Topliss-reactive ketones (excluding diaryl/α,β-unsaturated/α-hetero) is 1. The highest BCUT2D eigenvalue weighted by atomic mass is 16.1. The Hall–Kier alpha value is -1.64. The molecule has 0 bridgehead atoms. The van der Waals surface area contributed by atoms with Gasteiger partial charge in [-0.25, -0.2) is 4.98 Å². The van der Waals surface area contributed by atoms with Crippen molar-refractivity contribution in [3.05, 3.63) is 35.9 Å². The molecule has 2 aromatic rings. The maximum Gasteiger partial charge on any atom is 0.134 e. The highest BCUT2D eigenvalue weighted by Gasteiger charge is 2.10. The van der Waals surface area contributed by atoms with E-state index < -0.39 is 0 Å². The summed E-state index contributed by atoms with van der Waals surface area (Å²) in [5.41, 5.74) is 2.09. The fourth-order valence-electron chi connectivity index (χ4n) is 1.94. The molecule has 0 saturated heterocycles. The molecule has 0 aliphatic carbocycles. The zero-order valence-corrected chi connectivity index (χ0v) is 9.90. The lowest BCUT2D eigenvalue weighted by Gasteiger charge is -2.06. The van der Waals surface area contributed by atoms with E-state index in [9.17, 15) is 4.79 Å². The minimum Gasteiger partial charge on any atom is -0.303 e. The number of imidazole rings is 1. The molecule has 0 saturated carbocycles. The monoisotopic (exact) mass is 216 g/mol. The van der Waals surface area contributed by atoms with Crippen molar-refractivity contribution >= 4 is 11.3 Å². The van der Waals surface area contributed by atoms with Crippen molar-refractivity contribution < 1.29 is 4.79 Å². The molecule has 2 aromatic heterocycles. The lowest BCUT2D eigenvalue weighted by atomic mass is 10.1. The summed E-state index contributed by atoms with van der Waals surface area (Å²) in [6.45, 7) is 5.85. The predicted octanol–water partition coefficient (Wildman–Crippen LogP) is 2.59. The maximum absolute atomic E-state index is 11.2. The summed E-state index contributed by atoms with van der Waals surface area (Å²) in [7, 11) is 0. The van der Waals surface area contributed by atoms with E-state index in [1.165, 1.54) is 0 Å². The number of carbonyl (C=O) groups excluding carboxylic acids is 1. The van der Waals surface area contributed by atoms with Gasteiger partial charge in [-0.05, 0) is 18.6 Å². The molecule has 3 heteroatoms. The van der Waals surface area contributed by atoms with Crippen molar-refractivity contribution in [1.29, 1.82) is 0 Å². The van der Waals surface area contributed by atoms with Gasteiger partial charge in [0.1, 0.15) is 11.6 Å². The summed E-state index contributed by atoms with van der Waals surface area (Å²) in [6.07, 6.45) is 4.34. The van der Waals surface area contributed by atoms with E-state index in [1.807, 2.05) is 24.5 Å². The van der Waals surface area contributed by atoms with Crippen LogP contribution >= 0.6 is 0 Å². The van der Waals surface area contributed by atoms with E-state index in [0.29, 0.717) is 12.3 Å². The van der Waals surface area contributed by atoms with Crippen LogP contribution in [0.5, 0.6) is 0 Å². The predicted molar refractivity (Wildman–Crippen MR) is 63.7 cm³/mol. The summed E-state index contributed by atoms with van der Waals surface area (Å²) >= 11 is 0. The largest absolute Gasteiger partial charge is 0.303 e. The third-order valence-corrected chi connectivity index (χ3v) is 2.64. The molecule has 0 unspecified atom stereocenters. The molecular formula is C13H16N2O. The van der Waals surface area contributed by atoms with Gasteiger partial charge in [-0.1, -0.05) is 19.9 Å². The fraction of sp³-hybridized carbons (Fsp3) is 0.385. The Morgan fingerprint density at radius 1 is 1.50 bits per heavy atom. The normalized spacial score (nSPS) is 11.2. The molecule has 0 spiro atoms. The summed E-state index contributed by atoms with van der Waals surface area (Å²) in [5.74, 6) is 1.61. The Labute approximate surface area is 95.1 Å². The average Bonchev–Trinajstić information content (AvgIpc) is 2.61. The van der Waals surface area contributed by atoms with Crippen LogP contribution in [0.15, 0.2) is 24.5 Å². The van der Waals surface area contributed by atoms with Crippen LogP contribution in [0.2, 0.25) is 0 Å². The first-order chi connectivity index (χ1) is 7.59. The average molecular weight is 216 g/mol. The highest BCUT2D eigenvalue weighted by Crippen LogP contribution is 2.18. The number of pyridine rings is 1. The van der Waals surface area contributed by atoms with Crippen LogP contribution in [0.25, 0.3) is 5.52 Å². The SMILES string of the molecule is CC(=O)Cc1cccn2c(C(C)C)ncc12. The lowest BCUT2D eigenvalue weighted by Crippen LogP contribution is -2.01. The molecule has 0 radical (unpaired) electrons. The second kappa shape index (κ2) is 4.08. The molecule has 16 heavy (non-hydrogen) atoms. The fourth-order valence-corrected chi connectivity index (χ4v) is 1.94. The second-order valence-corrected chi connectivity index (χ2v) is 4.44. The van der Waals surface area contributed by atoms with Gasteiger partial charge in [0.05, 0.1) is 11.7 Å². The van der Waals surface area contributed by atoms with Crippen molar-refractivity contribution in [1.82, 2.24) is 9.38 Å². The summed E-state index contributed by atoms with van der Waals surface area (Å²) in [5, 5.41) is 0. The van der Waals surface area contributed by atoms with Gasteiger partial charge >= 0.3 is 0 Å². The van der Waals surface area contributed by atoms with Crippen molar-refractivity contribution in [2.24, 2.45) is 0 Å². The number of fused-ring (bicyclic) bond motifs is 1. The van der Waals surface area contributed by atoms with Gasteiger partial charge in [0.25, 0.3) is 0 Å². The number of carbonyl (C=O) groups is 1. The van der Waals surface area contributed by atoms with Crippen LogP contribution in [-0.2, 0) is 11.2 Å². The minimum atomic E-state index is 0.181. The topological polar surface area (TPSA) is 34.4 Å². The third-order valence-electron chi connectivity index (χ3n) is 2.64. The number of nitrogens with zero attached hydrogens (tertiary/aromatic N) is 2. The number of hydrogen-bond acceptors (Lipinski definition) is 2. The van der Waals surface area contributed by atoms with Gasteiger partial charge in [0.2, 0.25) is 0 Å². The number of aromatic nitrogens is 2. The molecule has 0 aliphatic heterocycles. The zero-order valence-electron chi connectivity index (χ0n) is 9.90. The van der Waals surface area contributed by atoms with Gasteiger partial charge in [-0.15, -0.1) is 0 Å². The molecule has 0 amide bonds. The van der Waals surface area contributed by atoms with E-state index in [0.717, 1.165) is 16.9 Å². The first-order valence-corrected chi connectivity index (χ1v) is 5.54. The maximum atomic E-state index is 11.2. The number of ketones is 1. The van der Waals surface area contributed by atoms with Crippen LogP contribution in [0.3, 0.4) is 0 Å². The van der Waals surface area contributed by atoms with Crippen molar-refractivity contribution in [3.8, 4) is 0 Å². The molecule has 0 aromatic carbocycles. The van der Waals surface area contributed by atoms with Crippen molar-refractivity contribution in [2.45, 2.75) is 33.1 Å². The molecule has 84 valence electrons. The van der Waals surface area contributed by atoms with E-state index in [-0.39, 0.29) is 5.78 Å². The Bertz CT molecular complexity index is 526. The molecule has 0 fully saturated rings. The van der Waals surface area contributed by atoms with E-state index >= 15 is 0 Å². The van der Waals surface area contributed by atoms with Crippen LogP contribution in [0.1, 0.15) is 38.1 Å². The van der Waals surface area contributed by atoms with Gasteiger partial charge in [-0.3, -0.25) is 4.79 Å². The summed E-state index contributed by atoms with van der Waals surface area (Å²) < 4.78 is 2.07. The molecule has 2 rings (SSSR count). The van der Waals surface area contributed by atoms with Crippen LogP contribution in [0, 0.1) is 0 Å².